The maximum atomic E-state index is 12.2. The summed E-state index contributed by atoms with van der Waals surface area (Å²) in [6.07, 6.45) is 5.44. The van der Waals surface area contributed by atoms with E-state index >= 15 is 0 Å². The Hall–Kier alpha value is -2.55. The highest BCUT2D eigenvalue weighted by Gasteiger charge is 2.08. The largest absolute Gasteiger partial charge is 0.484 e. The Morgan fingerprint density at radius 3 is 2.80 bits per heavy atom. The highest BCUT2D eigenvalue weighted by molar-refractivity contribution is 7.16. The van der Waals surface area contributed by atoms with E-state index in [1.54, 1.807) is 6.07 Å². The Labute approximate surface area is 154 Å². The van der Waals surface area contributed by atoms with E-state index in [1.165, 1.54) is 11.3 Å². The van der Waals surface area contributed by atoms with Crippen molar-refractivity contribution in [1.82, 2.24) is 4.57 Å². The summed E-state index contributed by atoms with van der Waals surface area (Å²) >= 11 is 7.40. The Kier molecular flexibility index (Phi) is 5.22. The average molecular weight is 371 g/mol. The summed E-state index contributed by atoms with van der Waals surface area (Å²) in [5.74, 6) is 2.85. The van der Waals surface area contributed by atoms with Crippen molar-refractivity contribution < 1.29 is 9.53 Å². The third-order valence-corrected chi connectivity index (χ3v) is 4.77. The topological polar surface area (TPSA) is 43.6 Å². The normalized spacial score (nSPS) is 11.5. The molecular weight excluding hydrogens is 356 g/mol. The third-order valence-electron chi connectivity index (χ3n) is 3.50. The lowest BCUT2D eigenvalue weighted by Gasteiger charge is -2.03. The van der Waals surface area contributed by atoms with Gasteiger partial charge in [0.05, 0.1) is 16.8 Å². The van der Waals surface area contributed by atoms with E-state index in [1.807, 2.05) is 47.9 Å². The van der Waals surface area contributed by atoms with Crippen LogP contribution in [-0.4, -0.2) is 17.1 Å². The number of aromatic nitrogens is 1. The second-order valence-electron chi connectivity index (χ2n) is 5.39. The molecule has 25 heavy (non-hydrogen) atoms. The van der Waals surface area contributed by atoms with Gasteiger partial charge in [-0.05, 0) is 37.3 Å². The van der Waals surface area contributed by atoms with Crippen molar-refractivity contribution in [3.63, 3.8) is 0 Å². The van der Waals surface area contributed by atoms with Crippen molar-refractivity contribution >= 4 is 39.1 Å². The lowest BCUT2D eigenvalue weighted by molar-refractivity contribution is -0.120. The van der Waals surface area contributed by atoms with Crippen LogP contribution in [0.15, 0.2) is 47.5 Å². The van der Waals surface area contributed by atoms with Gasteiger partial charge in [0, 0.05) is 5.02 Å². The molecule has 0 N–H and O–H groups in total. The Morgan fingerprint density at radius 2 is 2.08 bits per heavy atom. The Morgan fingerprint density at radius 1 is 1.32 bits per heavy atom. The number of thiazole rings is 1. The summed E-state index contributed by atoms with van der Waals surface area (Å²) < 4.78 is 8.22. The van der Waals surface area contributed by atoms with Gasteiger partial charge in [0.1, 0.15) is 5.75 Å². The van der Waals surface area contributed by atoms with Crippen LogP contribution in [0, 0.1) is 19.3 Å². The summed E-state index contributed by atoms with van der Waals surface area (Å²) in [7, 11) is 0. The molecule has 6 heteroatoms. The van der Waals surface area contributed by atoms with Crippen molar-refractivity contribution in [2.24, 2.45) is 4.99 Å². The van der Waals surface area contributed by atoms with Crippen LogP contribution in [0.3, 0.4) is 0 Å². The summed E-state index contributed by atoms with van der Waals surface area (Å²) in [6, 6.07) is 13.0. The van der Waals surface area contributed by atoms with Crippen LogP contribution in [0.4, 0.5) is 0 Å². The molecule has 126 valence electrons. The Bertz CT molecular complexity index is 1030. The lowest BCUT2D eigenvalue weighted by Crippen LogP contribution is -2.19. The summed E-state index contributed by atoms with van der Waals surface area (Å²) in [6.45, 7) is 2.18. The monoisotopic (exact) mass is 370 g/mol. The first-order valence-electron chi connectivity index (χ1n) is 7.56. The molecule has 0 spiro atoms. The fraction of sp³-hybridized carbons (Fsp3) is 0.158. The van der Waals surface area contributed by atoms with Gasteiger partial charge in [-0.15, -0.1) is 6.42 Å². The molecule has 1 amide bonds. The zero-order chi connectivity index (χ0) is 17.8. The van der Waals surface area contributed by atoms with E-state index in [2.05, 4.69) is 10.9 Å². The van der Waals surface area contributed by atoms with Crippen LogP contribution >= 0.6 is 22.9 Å². The maximum Gasteiger partial charge on any atom is 0.286 e. The molecular formula is C19H15ClN2O2S. The number of carbonyl (C=O) groups excluding carboxylic acids is 1. The van der Waals surface area contributed by atoms with Gasteiger partial charge in [-0.25, -0.2) is 0 Å². The number of amides is 1. The molecule has 0 bridgehead atoms. The van der Waals surface area contributed by atoms with E-state index in [0.29, 0.717) is 22.1 Å². The molecule has 0 aliphatic carbocycles. The first-order valence-corrected chi connectivity index (χ1v) is 8.75. The summed E-state index contributed by atoms with van der Waals surface area (Å²) in [4.78, 5) is 16.9. The van der Waals surface area contributed by atoms with Crippen LogP contribution in [-0.2, 0) is 11.3 Å². The quantitative estimate of drug-likeness (QED) is 0.655. The van der Waals surface area contributed by atoms with Gasteiger partial charge in [0.2, 0.25) is 0 Å². The van der Waals surface area contributed by atoms with Gasteiger partial charge in [-0.2, -0.15) is 4.99 Å². The van der Waals surface area contributed by atoms with E-state index in [0.717, 1.165) is 15.8 Å². The molecule has 1 aromatic heterocycles. The average Bonchev–Trinajstić information content (AvgIpc) is 2.91. The number of fused-ring (bicyclic) bond motifs is 1. The third kappa shape index (κ3) is 4.11. The molecule has 0 radical (unpaired) electrons. The van der Waals surface area contributed by atoms with Gasteiger partial charge < -0.3 is 9.30 Å². The van der Waals surface area contributed by atoms with Crippen molar-refractivity contribution in [2.45, 2.75) is 13.5 Å². The van der Waals surface area contributed by atoms with E-state index < -0.39 is 0 Å². The molecule has 4 nitrogen and oxygen atoms in total. The predicted octanol–water partition coefficient (Wildman–Crippen LogP) is 3.80. The van der Waals surface area contributed by atoms with Crippen molar-refractivity contribution in [2.75, 3.05) is 6.61 Å². The van der Waals surface area contributed by atoms with Crippen molar-refractivity contribution in [3.8, 4) is 18.1 Å². The molecule has 0 unspecified atom stereocenters. The number of benzene rings is 2. The predicted molar refractivity (Wildman–Crippen MR) is 101 cm³/mol. The molecule has 0 saturated carbocycles. The highest BCUT2D eigenvalue weighted by atomic mass is 35.5. The van der Waals surface area contributed by atoms with E-state index in [9.17, 15) is 4.79 Å². The molecule has 0 fully saturated rings. The van der Waals surface area contributed by atoms with Gasteiger partial charge in [-0.3, -0.25) is 4.79 Å². The molecule has 1 heterocycles. The van der Waals surface area contributed by atoms with Crippen LogP contribution in [0.1, 0.15) is 5.56 Å². The van der Waals surface area contributed by atoms with Crippen LogP contribution < -0.4 is 9.54 Å². The first-order chi connectivity index (χ1) is 12.1. The fourth-order valence-corrected chi connectivity index (χ4v) is 3.62. The number of aryl methyl sites for hydroxylation is 1. The lowest BCUT2D eigenvalue weighted by atomic mass is 10.2. The summed E-state index contributed by atoms with van der Waals surface area (Å²) in [5.41, 5.74) is 2.03. The maximum absolute atomic E-state index is 12.2. The van der Waals surface area contributed by atoms with Crippen LogP contribution in [0.2, 0.25) is 5.02 Å². The summed E-state index contributed by atoms with van der Waals surface area (Å²) in [5, 5.41) is 0.627. The van der Waals surface area contributed by atoms with Gasteiger partial charge in [0.15, 0.2) is 11.4 Å². The number of nitrogens with zero attached hydrogens (tertiary/aromatic N) is 2. The molecule has 0 saturated heterocycles. The molecule has 3 aromatic rings. The zero-order valence-electron chi connectivity index (χ0n) is 13.5. The van der Waals surface area contributed by atoms with Gasteiger partial charge in [0.25, 0.3) is 5.91 Å². The number of ether oxygens (including phenoxy) is 1. The number of halogens is 1. The minimum absolute atomic E-state index is 0.131. The number of hydrogen-bond donors (Lipinski definition) is 0. The second kappa shape index (κ2) is 7.56. The minimum atomic E-state index is -0.371. The molecule has 0 atom stereocenters. The zero-order valence-corrected chi connectivity index (χ0v) is 15.1. The number of rotatable bonds is 4. The van der Waals surface area contributed by atoms with E-state index in [4.69, 9.17) is 22.8 Å². The first kappa shape index (κ1) is 17.3. The smallest absolute Gasteiger partial charge is 0.286 e. The van der Waals surface area contributed by atoms with Crippen molar-refractivity contribution in [3.05, 3.63) is 57.9 Å². The molecule has 2 aromatic carbocycles. The fourth-order valence-electron chi connectivity index (χ4n) is 2.29. The number of carbonyl (C=O) groups is 1. The molecule has 0 aliphatic heterocycles. The van der Waals surface area contributed by atoms with Crippen LogP contribution in [0.5, 0.6) is 5.75 Å². The minimum Gasteiger partial charge on any atom is -0.484 e. The Balaban J connectivity index is 1.86. The SMILES string of the molecule is C#CCn1c(=NC(=O)COc2ccc(C)cc2)sc2cc(Cl)ccc21. The number of terminal acetylenes is 1. The van der Waals surface area contributed by atoms with Crippen molar-refractivity contribution in [1.29, 1.82) is 0 Å². The highest BCUT2D eigenvalue weighted by Crippen LogP contribution is 2.21. The van der Waals surface area contributed by atoms with Crippen LogP contribution in [0.25, 0.3) is 10.2 Å². The second-order valence-corrected chi connectivity index (χ2v) is 6.84. The van der Waals surface area contributed by atoms with E-state index in [-0.39, 0.29) is 12.5 Å². The molecule has 0 aliphatic rings. The van der Waals surface area contributed by atoms with Gasteiger partial charge >= 0.3 is 0 Å². The standard InChI is InChI=1S/C19H15ClN2O2S/c1-3-10-22-16-9-6-14(20)11-17(16)25-19(22)21-18(23)12-24-15-7-4-13(2)5-8-15/h1,4-9,11H,10,12H2,2H3. The van der Waals surface area contributed by atoms with Gasteiger partial charge in [-0.1, -0.05) is 46.6 Å². The molecule has 3 rings (SSSR count). The number of hydrogen-bond acceptors (Lipinski definition) is 3.